The summed E-state index contributed by atoms with van der Waals surface area (Å²) in [5.74, 6) is 0.894. The Morgan fingerprint density at radius 3 is 2.87 bits per heavy atom. The van der Waals surface area contributed by atoms with E-state index in [4.69, 9.17) is 9.68 Å². The van der Waals surface area contributed by atoms with E-state index in [1.165, 1.54) is 0 Å². The van der Waals surface area contributed by atoms with Crippen LogP contribution in [0.3, 0.4) is 0 Å². The molecule has 0 fully saturated rings. The van der Waals surface area contributed by atoms with Gasteiger partial charge in [0.25, 0.3) is 5.56 Å². The molecule has 0 aliphatic heterocycles. The number of para-hydroxylation sites is 1. The summed E-state index contributed by atoms with van der Waals surface area (Å²) < 4.78 is 5.85. The number of nitrogens with zero attached hydrogens (tertiary/aromatic N) is 2. The molecule has 0 unspecified atom stereocenters. The van der Waals surface area contributed by atoms with Crippen LogP contribution in [0, 0.1) is 18.3 Å². The fourth-order valence-corrected chi connectivity index (χ4v) is 2.57. The van der Waals surface area contributed by atoms with Crippen LogP contribution in [0.2, 0.25) is 0 Å². The van der Waals surface area contributed by atoms with E-state index in [1.807, 2.05) is 43.3 Å². The van der Waals surface area contributed by atoms with Gasteiger partial charge in [-0.15, -0.1) is 0 Å². The Kier molecular flexibility index (Phi) is 3.82. The zero-order valence-electron chi connectivity index (χ0n) is 12.9. The first-order chi connectivity index (χ1) is 11.2. The third-order valence-electron chi connectivity index (χ3n) is 3.82. The molecule has 1 N–H and O–H groups in total. The summed E-state index contributed by atoms with van der Waals surface area (Å²) in [5, 5.41) is 16.5. The van der Waals surface area contributed by atoms with Crippen molar-refractivity contribution < 1.29 is 4.42 Å². The molecule has 0 radical (unpaired) electrons. The van der Waals surface area contributed by atoms with Crippen molar-refractivity contribution in [3.05, 3.63) is 62.8 Å². The smallest absolute Gasteiger partial charge is 0.282 e. The number of nitrogens with one attached hydrogen (secondary N) is 1. The maximum absolute atomic E-state index is 11.6. The van der Waals surface area contributed by atoms with E-state index in [0.29, 0.717) is 11.3 Å². The molecule has 1 aromatic carbocycles. The highest BCUT2D eigenvalue weighted by Gasteiger charge is 2.11. The molecule has 0 saturated carbocycles. The molecule has 0 atom stereocenters. The van der Waals surface area contributed by atoms with E-state index in [9.17, 15) is 4.79 Å². The van der Waals surface area contributed by atoms with E-state index in [2.05, 4.69) is 10.2 Å². The number of benzene rings is 1. The Labute approximate surface area is 132 Å². The summed E-state index contributed by atoms with van der Waals surface area (Å²) in [6.45, 7) is 3.75. The van der Waals surface area contributed by atoms with Gasteiger partial charge in [-0.3, -0.25) is 4.79 Å². The number of rotatable bonds is 3. The second-order valence-corrected chi connectivity index (χ2v) is 5.17. The maximum Gasteiger partial charge on any atom is 0.282 e. The molecule has 0 spiro atoms. The van der Waals surface area contributed by atoms with Crippen molar-refractivity contribution in [1.29, 1.82) is 5.26 Å². The Hall–Kier alpha value is -3.13. The summed E-state index contributed by atoms with van der Waals surface area (Å²) >= 11 is 0. The van der Waals surface area contributed by atoms with Crippen LogP contribution in [0.1, 0.15) is 35.1 Å². The monoisotopic (exact) mass is 305 g/mol. The van der Waals surface area contributed by atoms with E-state index < -0.39 is 5.56 Å². The van der Waals surface area contributed by atoms with Gasteiger partial charge in [-0.2, -0.15) is 10.4 Å². The molecule has 2 heterocycles. The molecule has 0 aliphatic carbocycles. The number of aromatic amines is 1. The van der Waals surface area contributed by atoms with Gasteiger partial charge < -0.3 is 4.42 Å². The molecule has 3 aromatic rings. The molecule has 23 heavy (non-hydrogen) atoms. The van der Waals surface area contributed by atoms with Crippen molar-refractivity contribution in [1.82, 2.24) is 10.2 Å². The molecular weight excluding hydrogens is 290 g/mol. The first kappa shape index (κ1) is 14.8. The van der Waals surface area contributed by atoms with Gasteiger partial charge in [0.15, 0.2) is 0 Å². The summed E-state index contributed by atoms with van der Waals surface area (Å²) in [6.07, 6.45) is 4.48. The predicted molar refractivity (Wildman–Crippen MR) is 88.8 cm³/mol. The van der Waals surface area contributed by atoms with Gasteiger partial charge in [-0.1, -0.05) is 25.1 Å². The van der Waals surface area contributed by atoms with E-state index in [-0.39, 0.29) is 5.56 Å². The summed E-state index contributed by atoms with van der Waals surface area (Å²) in [6, 6.07) is 9.75. The van der Waals surface area contributed by atoms with Crippen LogP contribution in [-0.4, -0.2) is 10.2 Å². The van der Waals surface area contributed by atoms with Gasteiger partial charge >= 0.3 is 0 Å². The van der Waals surface area contributed by atoms with Gasteiger partial charge in [0, 0.05) is 17.4 Å². The van der Waals surface area contributed by atoms with Gasteiger partial charge in [-0.25, -0.2) is 5.10 Å². The first-order valence-corrected chi connectivity index (χ1v) is 7.33. The number of furan rings is 1. The molecule has 3 rings (SSSR count). The Bertz CT molecular complexity index is 1000. The molecule has 114 valence electrons. The zero-order chi connectivity index (χ0) is 16.4. The van der Waals surface area contributed by atoms with Crippen LogP contribution in [0.5, 0.6) is 0 Å². The number of aromatic nitrogens is 2. The highest BCUT2D eigenvalue weighted by Crippen LogP contribution is 2.28. The van der Waals surface area contributed by atoms with E-state index in [1.54, 1.807) is 13.0 Å². The minimum absolute atomic E-state index is 0.0902. The summed E-state index contributed by atoms with van der Waals surface area (Å²) in [7, 11) is 0. The largest absolute Gasteiger partial charge is 0.460 e. The van der Waals surface area contributed by atoms with Crippen molar-refractivity contribution >= 4 is 23.1 Å². The van der Waals surface area contributed by atoms with Crippen molar-refractivity contribution in [2.24, 2.45) is 0 Å². The van der Waals surface area contributed by atoms with Crippen LogP contribution in [-0.2, 0) is 6.42 Å². The average molecular weight is 305 g/mol. The molecule has 2 aromatic heterocycles. The first-order valence-electron chi connectivity index (χ1n) is 7.33. The number of hydrogen-bond acceptors (Lipinski definition) is 4. The highest BCUT2D eigenvalue weighted by molar-refractivity contribution is 5.91. The number of H-pyrrole nitrogens is 1. The second-order valence-electron chi connectivity index (χ2n) is 5.17. The SMILES string of the molecule is CCc1oc2ccccc2c1/C=C/c1n[nH]c(=O)c(C#N)c1C. The molecular formula is C18H15N3O2. The third kappa shape index (κ3) is 2.55. The Morgan fingerprint density at radius 1 is 1.35 bits per heavy atom. The molecule has 0 bridgehead atoms. The van der Waals surface area contributed by atoms with Crippen molar-refractivity contribution in [3.63, 3.8) is 0 Å². The van der Waals surface area contributed by atoms with Gasteiger partial charge in [-0.05, 0) is 30.7 Å². The summed E-state index contributed by atoms with van der Waals surface area (Å²) in [5.41, 5.74) is 2.59. The third-order valence-corrected chi connectivity index (χ3v) is 3.82. The van der Waals surface area contributed by atoms with E-state index >= 15 is 0 Å². The number of hydrogen-bond donors (Lipinski definition) is 1. The minimum atomic E-state index is -0.467. The fourth-order valence-electron chi connectivity index (χ4n) is 2.57. The van der Waals surface area contributed by atoms with Crippen LogP contribution in [0.25, 0.3) is 23.1 Å². The number of fused-ring (bicyclic) bond motifs is 1. The zero-order valence-corrected chi connectivity index (χ0v) is 12.9. The quantitative estimate of drug-likeness (QED) is 0.803. The predicted octanol–water partition coefficient (Wildman–Crippen LogP) is 3.43. The van der Waals surface area contributed by atoms with E-state index in [0.717, 1.165) is 28.7 Å². The molecule has 5 heteroatoms. The topological polar surface area (TPSA) is 82.7 Å². The highest BCUT2D eigenvalue weighted by atomic mass is 16.3. The minimum Gasteiger partial charge on any atom is -0.460 e. The van der Waals surface area contributed by atoms with Crippen LogP contribution in [0.4, 0.5) is 0 Å². The van der Waals surface area contributed by atoms with Crippen LogP contribution in [0.15, 0.2) is 33.5 Å². The number of aryl methyl sites for hydroxylation is 1. The van der Waals surface area contributed by atoms with Gasteiger partial charge in [0.2, 0.25) is 0 Å². The average Bonchev–Trinajstić information content (AvgIpc) is 2.92. The molecule has 5 nitrogen and oxygen atoms in total. The number of nitriles is 1. The summed E-state index contributed by atoms with van der Waals surface area (Å²) in [4.78, 5) is 11.6. The van der Waals surface area contributed by atoms with Crippen LogP contribution < -0.4 is 5.56 Å². The normalized spacial score (nSPS) is 11.2. The Balaban J connectivity index is 2.11. The lowest BCUT2D eigenvalue weighted by Gasteiger charge is -2.00. The Morgan fingerprint density at radius 2 is 2.13 bits per heavy atom. The standard InChI is InChI=1S/C18H15N3O2/c1-3-16-13(12-6-4-5-7-17(12)23-16)8-9-15-11(2)14(10-19)18(22)21-20-15/h4-9H,3H2,1-2H3,(H,21,22)/b9-8+. The van der Waals surface area contributed by atoms with Crippen molar-refractivity contribution in [3.8, 4) is 6.07 Å². The van der Waals surface area contributed by atoms with Crippen molar-refractivity contribution in [2.75, 3.05) is 0 Å². The fraction of sp³-hybridized carbons (Fsp3) is 0.167. The second kappa shape index (κ2) is 5.93. The molecule has 0 aliphatic rings. The van der Waals surface area contributed by atoms with Crippen molar-refractivity contribution in [2.45, 2.75) is 20.3 Å². The maximum atomic E-state index is 11.6. The van der Waals surface area contributed by atoms with Gasteiger partial charge in [0.05, 0.1) is 5.69 Å². The molecule has 0 amide bonds. The van der Waals surface area contributed by atoms with Gasteiger partial charge in [0.1, 0.15) is 23.0 Å². The lowest BCUT2D eigenvalue weighted by molar-refractivity contribution is 0.556. The van der Waals surface area contributed by atoms with Crippen LogP contribution >= 0.6 is 0 Å². The lowest BCUT2D eigenvalue weighted by atomic mass is 10.1. The molecule has 0 saturated heterocycles. The lowest BCUT2D eigenvalue weighted by Crippen LogP contribution is -2.15.